The summed E-state index contributed by atoms with van der Waals surface area (Å²) in [5, 5.41) is 3.08. The zero-order chi connectivity index (χ0) is 15.9. The lowest BCUT2D eigenvalue weighted by Gasteiger charge is -2.09. The summed E-state index contributed by atoms with van der Waals surface area (Å²) in [6, 6.07) is 7.74. The van der Waals surface area contributed by atoms with Crippen LogP contribution in [-0.2, 0) is 16.1 Å². The first-order chi connectivity index (χ1) is 10.6. The van der Waals surface area contributed by atoms with E-state index in [0.29, 0.717) is 18.2 Å². The van der Waals surface area contributed by atoms with E-state index in [0.717, 1.165) is 17.7 Å². The van der Waals surface area contributed by atoms with E-state index in [2.05, 4.69) is 20.3 Å². The van der Waals surface area contributed by atoms with Crippen LogP contribution in [0.5, 0.6) is 0 Å². The molecule has 0 aliphatic rings. The summed E-state index contributed by atoms with van der Waals surface area (Å²) in [6.45, 7) is 3.86. The number of nitrogens with zero attached hydrogens (tertiary/aromatic N) is 3. The highest BCUT2D eigenvalue weighted by molar-refractivity contribution is 5.69. The minimum Gasteiger partial charge on any atom is -0.457 e. The van der Waals surface area contributed by atoms with Gasteiger partial charge in [-0.05, 0) is 25.0 Å². The maximum Gasteiger partial charge on any atom is 0.306 e. The molecule has 0 unspecified atom stereocenters. The van der Waals surface area contributed by atoms with Gasteiger partial charge in [0.1, 0.15) is 0 Å². The second-order valence-electron chi connectivity index (χ2n) is 4.78. The van der Waals surface area contributed by atoms with E-state index in [1.165, 1.54) is 0 Å². The van der Waals surface area contributed by atoms with Crippen LogP contribution in [0.4, 0.5) is 17.6 Å². The monoisotopic (exact) mass is 301 g/mol. The van der Waals surface area contributed by atoms with Gasteiger partial charge in [0.25, 0.3) is 0 Å². The van der Waals surface area contributed by atoms with Gasteiger partial charge < -0.3 is 15.8 Å². The number of hydrogen-bond donors (Lipinski definition) is 2. The number of hydrogen-bond acceptors (Lipinski definition) is 7. The predicted octanol–water partition coefficient (Wildman–Crippen LogP) is 2.35. The molecule has 1 aromatic carbocycles. The molecule has 2 rings (SSSR count). The molecule has 0 aliphatic carbocycles. The molecule has 0 saturated heterocycles. The van der Waals surface area contributed by atoms with Crippen molar-refractivity contribution in [2.45, 2.75) is 33.3 Å². The van der Waals surface area contributed by atoms with E-state index in [4.69, 9.17) is 10.5 Å². The topological polar surface area (TPSA) is 103 Å². The highest BCUT2D eigenvalue weighted by Crippen LogP contribution is 2.17. The molecule has 0 bridgehead atoms. The molecule has 2 aromatic rings. The standard InChI is InChI=1S/C15H19N5O2/c1-3-6-13(21)22-9-12-18-14(16)20-15(19-12)17-11-8-5-4-7-10(11)2/h4-5,7-8H,3,6,9H2,1-2H3,(H3,16,17,18,19,20). The van der Waals surface area contributed by atoms with E-state index in [9.17, 15) is 4.79 Å². The van der Waals surface area contributed by atoms with Crippen molar-refractivity contribution >= 4 is 23.6 Å². The number of aryl methyl sites for hydroxylation is 1. The number of nitrogens with one attached hydrogen (secondary N) is 1. The van der Waals surface area contributed by atoms with E-state index < -0.39 is 0 Å². The summed E-state index contributed by atoms with van der Waals surface area (Å²) in [4.78, 5) is 23.6. The third-order valence-electron chi connectivity index (χ3n) is 2.91. The lowest BCUT2D eigenvalue weighted by molar-refractivity contribution is -0.145. The lowest BCUT2D eigenvalue weighted by Crippen LogP contribution is -2.11. The minimum absolute atomic E-state index is 0.0198. The Morgan fingerprint density at radius 3 is 2.77 bits per heavy atom. The average molecular weight is 301 g/mol. The zero-order valence-corrected chi connectivity index (χ0v) is 12.7. The number of esters is 1. The quantitative estimate of drug-likeness (QED) is 0.789. The summed E-state index contributed by atoms with van der Waals surface area (Å²) >= 11 is 0. The summed E-state index contributed by atoms with van der Waals surface area (Å²) < 4.78 is 5.08. The van der Waals surface area contributed by atoms with Crippen molar-refractivity contribution in [3.63, 3.8) is 0 Å². The molecule has 0 atom stereocenters. The molecule has 0 fully saturated rings. The molecule has 0 radical (unpaired) electrons. The first-order valence-electron chi connectivity index (χ1n) is 7.07. The summed E-state index contributed by atoms with van der Waals surface area (Å²) in [5.41, 5.74) is 7.60. The van der Waals surface area contributed by atoms with Crippen LogP contribution >= 0.6 is 0 Å². The second kappa shape index (κ2) is 7.35. The lowest BCUT2D eigenvalue weighted by atomic mass is 10.2. The van der Waals surface area contributed by atoms with Crippen LogP contribution in [0.3, 0.4) is 0 Å². The van der Waals surface area contributed by atoms with Gasteiger partial charge >= 0.3 is 5.97 Å². The highest BCUT2D eigenvalue weighted by Gasteiger charge is 2.08. The zero-order valence-electron chi connectivity index (χ0n) is 12.7. The third-order valence-corrected chi connectivity index (χ3v) is 2.91. The smallest absolute Gasteiger partial charge is 0.306 e. The maximum atomic E-state index is 11.4. The van der Waals surface area contributed by atoms with Crippen LogP contribution in [-0.4, -0.2) is 20.9 Å². The van der Waals surface area contributed by atoms with Gasteiger partial charge in [0.2, 0.25) is 11.9 Å². The van der Waals surface area contributed by atoms with E-state index >= 15 is 0 Å². The third kappa shape index (κ3) is 4.41. The number of anilines is 3. The van der Waals surface area contributed by atoms with Gasteiger partial charge in [-0.2, -0.15) is 15.0 Å². The Morgan fingerprint density at radius 2 is 2.05 bits per heavy atom. The molecule has 0 aliphatic heterocycles. The van der Waals surface area contributed by atoms with Crippen molar-refractivity contribution in [1.29, 1.82) is 0 Å². The molecule has 0 saturated carbocycles. The molecule has 0 amide bonds. The normalized spacial score (nSPS) is 10.3. The molecule has 116 valence electrons. The number of nitrogen functional groups attached to an aromatic ring is 1. The van der Waals surface area contributed by atoms with Gasteiger partial charge in [-0.15, -0.1) is 0 Å². The molecule has 0 spiro atoms. The fraction of sp³-hybridized carbons (Fsp3) is 0.333. The van der Waals surface area contributed by atoms with Crippen molar-refractivity contribution in [1.82, 2.24) is 15.0 Å². The van der Waals surface area contributed by atoms with E-state index in [1.807, 2.05) is 38.1 Å². The number of carbonyl (C=O) groups excluding carboxylic acids is 1. The predicted molar refractivity (Wildman–Crippen MR) is 83.4 cm³/mol. The second-order valence-corrected chi connectivity index (χ2v) is 4.78. The van der Waals surface area contributed by atoms with E-state index in [-0.39, 0.29) is 18.5 Å². The first kappa shape index (κ1) is 15.7. The van der Waals surface area contributed by atoms with Crippen molar-refractivity contribution in [2.24, 2.45) is 0 Å². The number of benzene rings is 1. The number of para-hydroxylation sites is 1. The largest absolute Gasteiger partial charge is 0.457 e. The van der Waals surface area contributed by atoms with Gasteiger partial charge in [0.15, 0.2) is 12.4 Å². The van der Waals surface area contributed by atoms with Gasteiger partial charge in [0.05, 0.1) is 0 Å². The van der Waals surface area contributed by atoms with Crippen molar-refractivity contribution < 1.29 is 9.53 Å². The number of aromatic nitrogens is 3. The Morgan fingerprint density at radius 1 is 1.27 bits per heavy atom. The van der Waals surface area contributed by atoms with E-state index in [1.54, 1.807) is 0 Å². The fourth-order valence-electron chi connectivity index (χ4n) is 1.81. The van der Waals surface area contributed by atoms with Gasteiger partial charge in [-0.3, -0.25) is 4.79 Å². The Balaban J connectivity index is 2.10. The highest BCUT2D eigenvalue weighted by atomic mass is 16.5. The Labute approximate surface area is 129 Å². The summed E-state index contributed by atoms with van der Waals surface area (Å²) in [6.07, 6.45) is 1.10. The van der Waals surface area contributed by atoms with Crippen molar-refractivity contribution in [2.75, 3.05) is 11.1 Å². The molecular formula is C15H19N5O2. The Hall–Kier alpha value is -2.70. The number of ether oxygens (including phenoxy) is 1. The van der Waals surface area contributed by atoms with Crippen LogP contribution in [0.25, 0.3) is 0 Å². The van der Waals surface area contributed by atoms with Gasteiger partial charge in [-0.1, -0.05) is 25.1 Å². The number of rotatable bonds is 6. The van der Waals surface area contributed by atoms with Crippen molar-refractivity contribution in [3.05, 3.63) is 35.7 Å². The maximum absolute atomic E-state index is 11.4. The summed E-state index contributed by atoms with van der Waals surface area (Å²) in [7, 11) is 0. The number of carbonyl (C=O) groups is 1. The Bertz CT molecular complexity index is 660. The summed E-state index contributed by atoms with van der Waals surface area (Å²) in [5.74, 6) is 0.430. The van der Waals surface area contributed by atoms with Crippen LogP contribution < -0.4 is 11.1 Å². The molecule has 1 heterocycles. The molecule has 1 aromatic heterocycles. The SMILES string of the molecule is CCCC(=O)OCc1nc(N)nc(Nc2ccccc2C)n1. The van der Waals surface area contributed by atoms with Crippen LogP contribution in [0, 0.1) is 6.92 Å². The first-order valence-corrected chi connectivity index (χ1v) is 7.07. The number of nitrogens with two attached hydrogens (primary N) is 1. The average Bonchev–Trinajstić information content (AvgIpc) is 2.47. The molecule has 22 heavy (non-hydrogen) atoms. The van der Waals surface area contributed by atoms with Gasteiger partial charge in [-0.25, -0.2) is 0 Å². The van der Waals surface area contributed by atoms with Crippen LogP contribution in [0.15, 0.2) is 24.3 Å². The van der Waals surface area contributed by atoms with Gasteiger partial charge in [0, 0.05) is 12.1 Å². The minimum atomic E-state index is -0.283. The fourth-order valence-corrected chi connectivity index (χ4v) is 1.81. The molecule has 7 heteroatoms. The van der Waals surface area contributed by atoms with Crippen LogP contribution in [0.2, 0.25) is 0 Å². The van der Waals surface area contributed by atoms with Crippen molar-refractivity contribution in [3.8, 4) is 0 Å². The van der Waals surface area contributed by atoms with Crippen LogP contribution in [0.1, 0.15) is 31.2 Å². The molecule has 7 nitrogen and oxygen atoms in total. The molecule has 3 N–H and O–H groups in total. The Kier molecular flexibility index (Phi) is 5.24. The molecular weight excluding hydrogens is 282 g/mol.